The molecule has 10 nitrogen and oxygen atoms in total. The molecule has 2 unspecified atom stereocenters. The normalized spacial score (nSPS) is 24.2. The molecule has 4 atom stereocenters. The number of aliphatic hydroxyl groups is 1. The van der Waals surface area contributed by atoms with Crippen molar-refractivity contribution in [1.29, 1.82) is 0 Å². The number of anilines is 1. The number of aromatic nitrogens is 3. The summed E-state index contributed by atoms with van der Waals surface area (Å²) in [4.78, 5) is 12.0. The minimum Gasteiger partial charge on any atom is -0.491 e. The van der Waals surface area contributed by atoms with Crippen LogP contribution in [0.1, 0.15) is 5.56 Å². The van der Waals surface area contributed by atoms with Gasteiger partial charge in [0.15, 0.2) is 11.8 Å². The molecule has 0 saturated carbocycles. The van der Waals surface area contributed by atoms with Crippen LogP contribution in [0.25, 0.3) is 11.2 Å². The Kier molecular flexibility index (Phi) is 6.52. The number of benzene rings is 1. The third kappa shape index (κ3) is 4.85. The number of methoxy groups -OCH3 is 1. The van der Waals surface area contributed by atoms with Crippen LogP contribution >= 0.6 is 11.6 Å². The summed E-state index contributed by atoms with van der Waals surface area (Å²) >= 11 is 6.43. The molecule has 0 aliphatic carbocycles. The lowest BCUT2D eigenvalue weighted by atomic mass is 10.1. The van der Waals surface area contributed by atoms with Gasteiger partial charge in [-0.15, -0.1) is 0 Å². The van der Waals surface area contributed by atoms with E-state index < -0.39 is 6.10 Å². The van der Waals surface area contributed by atoms with Crippen molar-refractivity contribution in [2.24, 2.45) is 0 Å². The molecule has 2 aliphatic heterocycles. The van der Waals surface area contributed by atoms with Gasteiger partial charge >= 0.3 is 0 Å². The van der Waals surface area contributed by atoms with Gasteiger partial charge in [-0.1, -0.05) is 23.7 Å². The summed E-state index contributed by atoms with van der Waals surface area (Å²) in [5, 5.41) is 13.6. The molecular formula is C22H25ClN4O6. The first-order valence-electron chi connectivity index (χ1n) is 10.7. The molecule has 3 N–H and O–H groups in total. The van der Waals surface area contributed by atoms with Gasteiger partial charge in [0.1, 0.15) is 36.5 Å². The molecule has 0 bridgehead atoms. The number of nitrogens with one attached hydrogen (secondary N) is 2. The van der Waals surface area contributed by atoms with Gasteiger partial charge in [0.25, 0.3) is 6.01 Å². The Hall–Kier alpha value is -2.63. The SMILES string of the molecule is COCCOc1cccc(CNc2nc3nc(O[C@@H]4COC5C4OC[C@H]5O)[nH]c3cc2Cl)c1. The average Bonchev–Trinajstić information content (AvgIpc) is 3.49. The highest BCUT2D eigenvalue weighted by atomic mass is 35.5. The molecule has 0 amide bonds. The second-order valence-corrected chi connectivity index (χ2v) is 8.30. The number of fused-ring (bicyclic) bond motifs is 2. The second-order valence-electron chi connectivity index (χ2n) is 7.89. The lowest BCUT2D eigenvalue weighted by Crippen LogP contribution is -2.34. The van der Waals surface area contributed by atoms with Crippen molar-refractivity contribution >= 4 is 28.6 Å². The number of hydrogen-bond donors (Lipinski definition) is 3. The Morgan fingerprint density at radius 2 is 2.06 bits per heavy atom. The molecule has 2 saturated heterocycles. The maximum absolute atomic E-state index is 9.88. The van der Waals surface area contributed by atoms with Gasteiger partial charge in [0.2, 0.25) is 0 Å². The van der Waals surface area contributed by atoms with E-state index in [4.69, 9.17) is 35.3 Å². The van der Waals surface area contributed by atoms with E-state index in [1.54, 1.807) is 13.2 Å². The van der Waals surface area contributed by atoms with Crippen LogP contribution in [-0.2, 0) is 20.8 Å². The summed E-state index contributed by atoms with van der Waals surface area (Å²) in [5.74, 6) is 1.28. The van der Waals surface area contributed by atoms with Crippen LogP contribution in [0.3, 0.4) is 0 Å². The van der Waals surface area contributed by atoms with Crippen molar-refractivity contribution in [3.63, 3.8) is 0 Å². The largest absolute Gasteiger partial charge is 0.491 e. The predicted molar refractivity (Wildman–Crippen MR) is 120 cm³/mol. The number of imidazole rings is 1. The predicted octanol–water partition coefficient (Wildman–Crippen LogP) is 2.15. The van der Waals surface area contributed by atoms with E-state index in [1.165, 1.54) is 0 Å². The van der Waals surface area contributed by atoms with Gasteiger partial charge < -0.3 is 39.1 Å². The van der Waals surface area contributed by atoms with E-state index in [1.807, 2.05) is 24.3 Å². The number of aromatic amines is 1. The zero-order chi connectivity index (χ0) is 22.8. The molecule has 4 heterocycles. The van der Waals surface area contributed by atoms with Gasteiger partial charge in [0, 0.05) is 13.7 Å². The van der Waals surface area contributed by atoms with Gasteiger partial charge in [-0.2, -0.15) is 4.98 Å². The highest BCUT2D eigenvalue weighted by Crippen LogP contribution is 2.31. The Bertz CT molecular complexity index is 1110. The molecule has 11 heteroatoms. The smallest absolute Gasteiger partial charge is 0.296 e. The van der Waals surface area contributed by atoms with E-state index in [0.29, 0.717) is 54.4 Å². The standard InChI is InChI=1S/C22H25ClN4O6/c1-29-5-6-30-13-4-2-3-12(7-13)9-24-20-14(23)8-15-21(26-20)27-22(25-15)33-17-11-32-18-16(28)10-31-19(17)18/h2-4,7-8,16-19,28H,5-6,9-11H2,1H3,(H2,24,25,26,27)/t16-,17-,18?,19?/m1/s1. The quantitative estimate of drug-likeness (QED) is 0.399. The van der Waals surface area contributed by atoms with E-state index in [-0.39, 0.29) is 24.9 Å². The zero-order valence-electron chi connectivity index (χ0n) is 18.0. The molecule has 2 aliphatic rings. The minimum absolute atomic E-state index is 0.240. The van der Waals surface area contributed by atoms with Crippen LogP contribution in [-0.4, -0.2) is 78.0 Å². The number of nitrogens with zero attached hydrogens (tertiary/aromatic N) is 2. The number of pyridine rings is 1. The Morgan fingerprint density at radius 3 is 2.94 bits per heavy atom. The number of H-pyrrole nitrogens is 1. The summed E-state index contributed by atoms with van der Waals surface area (Å²) in [5.41, 5.74) is 2.14. The van der Waals surface area contributed by atoms with Crippen molar-refractivity contribution in [3.05, 3.63) is 40.9 Å². The van der Waals surface area contributed by atoms with Gasteiger partial charge in [-0.3, -0.25) is 0 Å². The van der Waals surface area contributed by atoms with Crippen LogP contribution in [0.4, 0.5) is 5.82 Å². The van der Waals surface area contributed by atoms with Gasteiger partial charge in [-0.05, 0) is 23.8 Å². The summed E-state index contributed by atoms with van der Waals surface area (Å²) in [6.07, 6.45) is -1.69. The molecule has 5 rings (SSSR count). The van der Waals surface area contributed by atoms with Crippen molar-refractivity contribution < 1.29 is 28.8 Å². The fraction of sp³-hybridized carbons (Fsp3) is 0.455. The summed E-state index contributed by atoms with van der Waals surface area (Å²) < 4.78 is 27.8. The lowest BCUT2D eigenvalue weighted by molar-refractivity contribution is 0.00706. The highest BCUT2D eigenvalue weighted by Gasteiger charge is 2.48. The Morgan fingerprint density at radius 1 is 1.18 bits per heavy atom. The topological polar surface area (TPSA) is 120 Å². The van der Waals surface area contributed by atoms with Crippen LogP contribution in [0.15, 0.2) is 30.3 Å². The summed E-state index contributed by atoms with van der Waals surface area (Å²) in [6.45, 7) is 2.08. The van der Waals surface area contributed by atoms with Gasteiger partial charge in [-0.25, -0.2) is 4.98 Å². The maximum atomic E-state index is 9.88. The molecule has 3 aromatic rings. The molecule has 1 aromatic carbocycles. The molecule has 0 spiro atoms. The molecule has 0 radical (unpaired) electrons. The number of halogens is 1. The van der Waals surface area contributed by atoms with Gasteiger partial charge in [0.05, 0.1) is 30.4 Å². The van der Waals surface area contributed by atoms with Crippen LogP contribution in [0.5, 0.6) is 11.8 Å². The first kappa shape index (κ1) is 22.2. The molecule has 2 fully saturated rings. The summed E-state index contributed by atoms with van der Waals surface area (Å²) in [7, 11) is 1.64. The third-order valence-electron chi connectivity index (χ3n) is 5.56. The van der Waals surface area contributed by atoms with Crippen molar-refractivity contribution in [1.82, 2.24) is 15.0 Å². The molecule has 33 heavy (non-hydrogen) atoms. The lowest BCUT2D eigenvalue weighted by Gasteiger charge is -2.15. The van der Waals surface area contributed by atoms with Crippen LogP contribution in [0, 0.1) is 0 Å². The summed E-state index contributed by atoms with van der Waals surface area (Å²) in [6, 6.07) is 9.82. The molecular weight excluding hydrogens is 452 g/mol. The Balaban J connectivity index is 1.24. The maximum Gasteiger partial charge on any atom is 0.296 e. The number of ether oxygens (including phenoxy) is 5. The number of rotatable bonds is 9. The average molecular weight is 477 g/mol. The van der Waals surface area contributed by atoms with E-state index >= 15 is 0 Å². The van der Waals surface area contributed by atoms with Crippen molar-refractivity contribution in [3.8, 4) is 11.8 Å². The van der Waals surface area contributed by atoms with Crippen molar-refractivity contribution in [2.45, 2.75) is 31.0 Å². The first-order chi connectivity index (χ1) is 16.1. The zero-order valence-corrected chi connectivity index (χ0v) is 18.7. The molecule has 2 aromatic heterocycles. The molecule has 176 valence electrons. The fourth-order valence-electron chi connectivity index (χ4n) is 3.94. The van der Waals surface area contributed by atoms with E-state index in [2.05, 4.69) is 20.3 Å². The Labute approximate surface area is 195 Å². The van der Waals surface area contributed by atoms with Crippen molar-refractivity contribution in [2.75, 3.05) is 38.9 Å². The monoisotopic (exact) mass is 476 g/mol. The highest BCUT2D eigenvalue weighted by molar-refractivity contribution is 6.33. The third-order valence-corrected chi connectivity index (χ3v) is 5.85. The minimum atomic E-state index is -0.633. The second kappa shape index (κ2) is 9.70. The van der Waals surface area contributed by atoms with Crippen LogP contribution in [0.2, 0.25) is 5.02 Å². The number of aliphatic hydroxyl groups excluding tert-OH is 1. The number of hydrogen-bond acceptors (Lipinski definition) is 9. The first-order valence-corrected chi connectivity index (χ1v) is 11.1. The van der Waals surface area contributed by atoms with E-state index in [0.717, 1.165) is 11.3 Å². The van der Waals surface area contributed by atoms with Crippen LogP contribution < -0.4 is 14.8 Å². The fourth-order valence-corrected chi connectivity index (χ4v) is 4.16. The van der Waals surface area contributed by atoms with E-state index in [9.17, 15) is 5.11 Å².